The number of carbonyl (C=O) groups excluding carboxylic acids is 3. The second-order valence-electron chi connectivity index (χ2n) is 9.56. The highest BCUT2D eigenvalue weighted by Crippen LogP contribution is 2.24. The van der Waals surface area contributed by atoms with Gasteiger partial charge in [-0.2, -0.15) is 5.26 Å². The van der Waals surface area contributed by atoms with Crippen LogP contribution < -0.4 is 11.0 Å². The van der Waals surface area contributed by atoms with E-state index < -0.39 is 29.4 Å². The quantitative estimate of drug-likeness (QED) is 0.269. The van der Waals surface area contributed by atoms with Crippen molar-refractivity contribution < 1.29 is 23.9 Å². The predicted octanol–water partition coefficient (Wildman–Crippen LogP) is 1.95. The van der Waals surface area contributed by atoms with E-state index in [1.165, 1.54) is 9.13 Å². The first-order chi connectivity index (χ1) is 17.0. The Bertz CT molecular complexity index is 1330. The van der Waals surface area contributed by atoms with Gasteiger partial charge in [0.05, 0.1) is 22.7 Å². The van der Waals surface area contributed by atoms with Gasteiger partial charge in [0.1, 0.15) is 24.2 Å². The van der Waals surface area contributed by atoms with Gasteiger partial charge >= 0.3 is 11.7 Å². The number of nitrogens with one attached hydrogen (secondary N) is 1. The molecule has 10 nitrogen and oxygen atoms in total. The molecule has 190 valence electrons. The number of amides is 2. The molecule has 2 amide bonds. The Labute approximate surface area is 209 Å². The first-order valence-corrected chi connectivity index (χ1v) is 11.8. The highest BCUT2D eigenvalue weighted by Gasteiger charge is 2.31. The van der Waals surface area contributed by atoms with Crippen LogP contribution in [-0.2, 0) is 30.9 Å². The normalized spacial score (nSPS) is 16.6. The summed E-state index contributed by atoms with van der Waals surface area (Å²) in [5.74, 6) is 3.73. The molecule has 2 atom stereocenters. The molecule has 1 saturated heterocycles. The Hall–Kier alpha value is -3.89. The van der Waals surface area contributed by atoms with Gasteiger partial charge in [0.25, 0.3) is 0 Å². The molecule has 36 heavy (non-hydrogen) atoms. The summed E-state index contributed by atoms with van der Waals surface area (Å²) in [6.45, 7) is 5.71. The maximum absolute atomic E-state index is 13.0. The number of esters is 1. The maximum Gasteiger partial charge on any atom is 0.329 e. The zero-order valence-corrected chi connectivity index (χ0v) is 20.9. The number of imidazole rings is 1. The van der Waals surface area contributed by atoms with Gasteiger partial charge in [-0.1, -0.05) is 17.9 Å². The van der Waals surface area contributed by atoms with E-state index in [0.717, 1.165) is 0 Å². The van der Waals surface area contributed by atoms with Crippen LogP contribution in [0, 0.1) is 29.1 Å². The molecule has 1 aromatic carbocycles. The van der Waals surface area contributed by atoms with Crippen LogP contribution in [0.15, 0.2) is 23.0 Å². The van der Waals surface area contributed by atoms with E-state index in [9.17, 15) is 24.4 Å². The molecule has 10 heteroatoms. The van der Waals surface area contributed by atoms with Gasteiger partial charge in [0, 0.05) is 20.1 Å². The number of para-hydroxylation sites is 1. The van der Waals surface area contributed by atoms with Gasteiger partial charge in [-0.25, -0.2) is 4.79 Å². The summed E-state index contributed by atoms with van der Waals surface area (Å²) in [6, 6.07) is 6.50. The number of imide groups is 1. The summed E-state index contributed by atoms with van der Waals surface area (Å²) < 4.78 is 13.6. The Morgan fingerprint density at radius 3 is 2.69 bits per heavy atom. The van der Waals surface area contributed by atoms with Crippen LogP contribution in [-0.4, -0.2) is 45.7 Å². The van der Waals surface area contributed by atoms with Crippen LogP contribution in [0.25, 0.3) is 11.0 Å². The monoisotopic (exact) mass is 494 g/mol. The lowest BCUT2D eigenvalue weighted by molar-refractivity contribution is -0.158. The van der Waals surface area contributed by atoms with Crippen molar-refractivity contribution in [1.82, 2.24) is 14.5 Å². The van der Waals surface area contributed by atoms with Crippen molar-refractivity contribution in [3.8, 4) is 17.9 Å². The number of aryl methyl sites for hydroxylation is 1. The number of rotatable bonds is 7. The first kappa shape index (κ1) is 26.7. The zero-order chi connectivity index (χ0) is 26.5. The van der Waals surface area contributed by atoms with Crippen molar-refractivity contribution in [2.24, 2.45) is 13.0 Å². The number of hydrogen-bond acceptors (Lipinski definition) is 7. The number of carbonyl (C=O) groups is 3. The van der Waals surface area contributed by atoms with Crippen LogP contribution in [0.4, 0.5) is 0 Å². The van der Waals surface area contributed by atoms with Crippen LogP contribution >= 0.6 is 0 Å². The number of fused-ring (bicyclic) bond motifs is 1. The number of hydrogen-bond donors (Lipinski definition) is 1. The molecule has 1 aromatic heterocycles. The topological polar surface area (TPSA) is 132 Å². The summed E-state index contributed by atoms with van der Waals surface area (Å²) in [7, 11) is 1.62. The Kier molecular flexibility index (Phi) is 8.33. The van der Waals surface area contributed by atoms with Crippen molar-refractivity contribution in [2.45, 2.75) is 58.1 Å². The zero-order valence-electron chi connectivity index (χ0n) is 20.9. The molecule has 0 saturated carbocycles. The van der Waals surface area contributed by atoms with E-state index in [1.54, 1.807) is 46.0 Å². The summed E-state index contributed by atoms with van der Waals surface area (Å²) in [5.41, 5.74) is 0.759. The second kappa shape index (κ2) is 11.2. The largest absolute Gasteiger partial charge is 0.459 e. The standard InChI is InChI=1S/C26H30N4O6/c1-26(2,3)36-24(33)18(16-27)10-7-15-35-14-6-9-17-8-5-11-19-22(17)29(4)25(34)30(19)20-12-13-21(31)28-23(20)32/h5,8,11,18,20H,7,10,12-15H2,1-4H3,(H,28,31,32). The second-order valence-corrected chi connectivity index (χ2v) is 9.56. The molecular weight excluding hydrogens is 464 g/mol. The van der Waals surface area contributed by atoms with Gasteiger partial charge in [0.2, 0.25) is 11.8 Å². The minimum atomic E-state index is -0.841. The van der Waals surface area contributed by atoms with E-state index in [2.05, 4.69) is 17.2 Å². The number of nitrogens with zero attached hydrogens (tertiary/aromatic N) is 3. The molecule has 0 radical (unpaired) electrons. The molecule has 2 aromatic rings. The third-order valence-corrected chi connectivity index (χ3v) is 5.65. The molecule has 3 rings (SSSR count). The fraction of sp³-hybridized carbons (Fsp3) is 0.500. The summed E-state index contributed by atoms with van der Waals surface area (Å²) in [5, 5.41) is 11.5. The lowest BCUT2D eigenvalue weighted by Crippen LogP contribution is -2.44. The number of aromatic nitrogens is 2. The predicted molar refractivity (Wildman–Crippen MR) is 130 cm³/mol. The number of benzene rings is 1. The van der Waals surface area contributed by atoms with E-state index in [-0.39, 0.29) is 31.0 Å². The van der Waals surface area contributed by atoms with Crippen molar-refractivity contribution in [3.63, 3.8) is 0 Å². The summed E-state index contributed by atoms with van der Waals surface area (Å²) >= 11 is 0. The van der Waals surface area contributed by atoms with E-state index >= 15 is 0 Å². The van der Waals surface area contributed by atoms with Gasteiger partial charge in [-0.05, 0) is 52.2 Å². The van der Waals surface area contributed by atoms with Crippen molar-refractivity contribution in [1.29, 1.82) is 5.26 Å². The molecule has 0 bridgehead atoms. The molecule has 1 aliphatic rings. The van der Waals surface area contributed by atoms with E-state index in [4.69, 9.17) is 9.47 Å². The van der Waals surface area contributed by atoms with Crippen LogP contribution in [0.1, 0.15) is 58.1 Å². The lowest BCUT2D eigenvalue weighted by Gasteiger charge is -2.21. The summed E-state index contributed by atoms with van der Waals surface area (Å²) in [4.78, 5) is 48.9. The molecule has 1 aliphatic heterocycles. The fourth-order valence-corrected chi connectivity index (χ4v) is 4.02. The van der Waals surface area contributed by atoms with Crippen molar-refractivity contribution in [2.75, 3.05) is 13.2 Å². The Balaban J connectivity index is 1.63. The lowest BCUT2D eigenvalue weighted by atomic mass is 10.1. The van der Waals surface area contributed by atoms with Gasteiger partial charge in [-0.15, -0.1) is 0 Å². The van der Waals surface area contributed by atoms with E-state index in [0.29, 0.717) is 36.0 Å². The molecule has 1 fully saturated rings. The molecule has 2 heterocycles. The van der Waals surface area contributed by atoms with Crippen molar-refractivity contribution >= 4 is 28.8 Å². The van der Waals surface area contributed by atoms with E-state index in [1.807, 2.05) is 6.07 Å². The van der Waals surface area contributed by atoms with Gasteiger partial charge < -0.3 is 9.47 Å². The molecule has 0 spiro atoms. The molecular formula is C26H30N4O6. The van der Waals surface area contributed by atoms with Crippen LogP contribution in [0.3, 0.4) is 0 Å². The Morgan fingerprint density at radius 1 is 1.28 bits per heavy atom. The SMILES string of the molecule is Cn1c(=O)n(C2CCC(=O)NC2=O)c2cccc(C#CCOCCCC(C#N)C(=O)OC(C)(C)C)c21. The average molecular weight is 495 g/mol. The minimum Gasteiger partial charge on any atom is -0.459 e. The third-order valence-electron chi connectivity index (χ3n) is 5.65. The summed E-state index contributed by atoms with van der Waals surface area (Å²) in [6.07, 6.45) is 1.25. The maximum atomic E-state index is 13.0. The van der Waals surface area contributed by atoms with Gasteiger partial charge in [0.15, 0.2) is 0 Å². The minimum absolute atomic E-state index is 0.127. The molecule has 1 N–H and O–H groups in total. The highest BCUT2D eigenvalue weighted by atomic mass is 16.6. The number of ether oxygens (including phenoxy) is 2. The highest BCUT2D eigenvalue weighted by molar-refractivity contribution is 6.00. The number of piperidine rings is 1. The fourth-order valence-electron chi connectivity index (χ4n) is 4.02. The third kappa shape index (κ3) is 6.21. The van der Waals surface area contributed by atoms with Crippen LogP contribution in [0.2, 0.25) is 0 Å². The van der Waals surface area contributed by atoms with Gasteiger partial charge in [-0.3, -0.25) is 28.8 Å². The van der Waals surface area contributed by atoms with Crippen LogP contribution in [0.5, 0.6) is 0 Å². The van der Waals surface area contributed by atoms with Crippen molar-refractivity contribution in [3.05, 3.63) is 34.2 Å². The average Bonchev–Trinajstić information content (AvgIpc) is 3.05. The molecule has 2 unspecified atom stereocenters. The number of nitriles is 1. The first-order valence-electron chi connectivity index (χ1n) is 11.8. The smallest absolute Gasteiger partial charge is 0.329 e. The molecule has 0 aliphatic carbocycles. The Morgan fingerprint density at radius 2 is 2.03 bits per heavy atom.